The summed E-state index contributed by atoms with van der Waals surface area (Å²) in [6.07, 6.45) is 1.54. The second-order valence-corrected chi connectivity index (χ2v) is 8.19. The molecule has 1 aliphatic carbocycles. The fourth-order valence-electron chi connectivity index (χ4n) is 3.10. The zero-order valence-corrected chi connectivity index (χ0v) is 14.8. The number of ether oxygens (including phenoxy) is 1. The van der Waals surface area contributed by atoms with E-state index in [1.165, 1.54) is 0 Å². The third kappa shape index (κ3) is 3.60. The number of hydrogen-bond acceptors (Lipinski definition) is 4. The van der Waals surface area contributed by atoms with Gasteiger partial charge in [0.25, 0.3) is 0 Å². The summed E-state index contributed by atoms with van der Waals surface area (Å²) < 4.78 is 31.3. The predicted octanol–water partition coefficient (Wildman–Crippen LogP) is 2.79. The van der Waals surface area contributed by atoms with E-state index in [4.69, 9.17) is 10.5 Å². The molecule has 5 nitrogen and oxygen atoms in total. The highest BCUT2D eigenvalue weighted by Gasteiger charge is 2.26. The molecule has 0 aliphatic heterocycles. The molecule has 1 aliphatic rings. The second kappa shape index (κ2) is 6.98. The Hall–Kier alpha value is -2.18. The van der Waals surface area contributed by atoms with Crippen LogP contribution in [0.4, 0.5) is 0 Å². The molecule has 2 N–H and O–H groups in total. The Bertz CT molecular complexity index is 878. The molecule has 6 heteroatoms. The maximum absolute atomic E-state index is 12.8. The van der Waals surface area contributed by atoms with Gasteiger partial charge in [0.2, 0.25) is 15.7 Å². The lowest BCUT2D eigenvalue weighted by Gasteiger charge is -2.28. The molecule has 1 amide bonds. The van der Waals surface area contributed by atoms with Gasteiger partial charge in [-0.3, -0.25) is 4.79 Å². The van der Waals surface area contributed by atoms with Gasteiger partial charge in [-0.1, -0.05) is 24.3 Å². The standard InChI is InChI=1S/C19H21NO4S/c1-13(19(20)21)24-18-9-5-6-14-12-16(10-11-17(14)18)25(22,23)15-7-3-2-4-8-15/h2-4,7-8,10-13,18H,5-6,9H2,1H3,(H2,20,21). The lowest BCUT2D eigenvalue weighted by Crippen LogP contribution is -2.30. The Morgan fingerprint density at radius 1 is 1.16 bits per heavy atom. The molecule has 2 atom stereocenters. The van der Waals surface area contributed by atoms with Gasteiger partial charge in [-0.15, -0.1) is 0 Å². The topological polar surface area (TPSA) is 86.5 Å². The van der Waals surface area contributed by atoms with E-state index in [1.54, 1.807) is 55.5 Å². The van der Waals surface area contributed by atoms with E-state index >= 15 is 0 Å². The van der Waals surface area contributed by atoms with Gasteiger partial charge in [-0.2, -0.15) is 0 Å². The molecule has 0 spiro atoms. The monoisotopic (exact) mass is 359 g/mol. The summed E-state index contributed by atoms with van der Waals surface area (Å²) in [5, 5.41) is 0. The van der Waals surface area contributed by atoms with E-state index in [0.29, 0.717) is 0 Å². The fourth-order valence-corrected chi connectivity index (χ4v) is 4.44. The number of carbonyl (C=O) groups excluding carboxylic acids is 1. The van der Waals surface area contributed by atoms with Crippen LogP contribution in [0.3, 0.4) is 0 Å². The van der Waals surface area contributed by atoms with Crippen LogP contribution in [0.25, 0.3) is 0 Å². The van der Waals surface area contributed by atoms with E-state index < -0.39 is 21.8 Å². The second-order valence-electron chi connectivity index (χ2n) is 6.24. The molecule has 2 unspecified atom stereocenters. The minimum atomic E-state index is -3.54. The number of primary amides is 1. The van der Waals surface area contributed by atoms with Crippen LogP contribution in [0.5, 0.6) is 0 Å². The van der Waals surface area contributed by atoms with Crippen molar-refractivity contribution in [2.75, 3.05) is 0 Å². The fraction of sp³-hybridized carbons (Fsp3) is 0.316. The zero-order valence-electron chi connectivity index (χ0n) is 14.0. The van der Waals surface area contributed by atoms with Crippen molar-refractivity contribution in [2.45, 2.75) is 48.2 Å². The summed E-state index contributed by atoms with van der Waals surface area (Å²) in [5.74, 6) is -0.504. The first kappa shape index (κ1) is 17.6. The number of sulfone groups is 1. The first-order valence-electron chi connectivity index (χ1n) is 8.27. The smallest absolute Gasteiger partial charge is 0.246 e. The first-order chi connectivity index (χ1) is 11.9. The molecule has 0 heterocycles. The number of hydrogen-bond donors (Lipinski definition) is 1. The third-order valence-electron chi connectivity index (χ3n) is 4.51. The summed E-state index contributed by atoms with van der Waals surface area (Å²) in [7, 11) is -3.54. The van der Waals surface area contributed by atoms with Crippen molar-refractivity contribution in [3.8, 4) is 0 Å². The molecule has 0 aromatic heterocycles. The summed E-state index contributed by atoms with van der Waals surface area (Å²) >= 11 is 0. The third-order valence-corrected chi connectivity index (χ3v) is 6.27. The molecule has 2 aromatic rings. The van der Waals surface area contributed by atoms with E-state index in [2.05, 4.69) is 0 Å². The van der Waals surface area contributed by atoms with Gasteiger partial charge in [0, 0.05) is 0 Å². The maximum atomic E-state index is 12.8. The van der Waals surface area contributed by atoms with Gasteiger partial charge in [-0.05, 0) is 61.6 Å². The number of carbonyl (C=O) groups is 1. The normalized spacial score (nSPS) is 18.4. The van der Waals surface area contributed by atoms with Gasteiger partial charge >= 0.3 is 0 Å². The van der Waals surface area contributed by atoms with Crippen LogP contribution in [0.1, 0.15) is 37.0 Å². The van der Waals surface area contributed by atoms with Crippen molar-refractivity contribution in [1.29, 1.82) is 0 Å². The van der Waals surface area contributed by atoms with Gasteiger partial charge in [-0.25, -0.2) is 8.42 Å². The highest BCUT2D eigenvalue weighted by atomic mass is 32.2. The van der Waals surface area contributed by atoms with E-state index in [9.17, 15) is 13.2 Å². The van der Waals surface area contributed by atoms with Crippen LogP contribution in [0.2, 0.25) is 0 Å². The van der Waals surface area contributed by atoms with E-state index in [1.807, 2.05) is 0 Å². The summed E-state index contributed by atoms with van der Waals surface area (Å²) in [4.78, 5) is 11.8. The average molecular weight is 359 g/mol. The van der Waals surface area contributed by atoms with Crippen molar-refractivity contribution in [2.24, 2.45) is 5.73 Å². The molecule has 0 radical (unpaired) electrons. The number of amides is 1. The van der Waals surface area contributed by atoms with Crippen molar-refractivity contribution < 1.29 is 17.9 Å². The van der Waals surface area contributed by atoms with Gasteiger partial charge in [0.1, 0.15) is 6.10 Å². The first-order valence-corrected chi connectivity index (χ1v) is 9.75. The molecule has 3 rings (SSSR count). The SMILES string of the molecule is CC(OC1CCCc2cc(S(=O)(=O)c3ccccc3)ccc21)C(N)=O. The Morgan fingerprint density at radius 3 is 2.56 bits per heavy atom. The highest BCUT2D eigenvalue weighted by molar-refractivity contribution is 7.91. The van der Waals surface area contributed by atoms with Crippen LogP contribution >= 0.6 is 0 Å². The van der Waals surface area contributed by atoms with E-state index in [0.717, 1.165) is 30.4 Å². The highest BCUT2D eigenvalue weighted by Crippen LogP contribution is 2.35. The zero-order chi connectivity index (χ0) is 18.0. The molecule has 0 saturated carbocycles. The van der Waals surface area contributed by atoms with Crippen LogP contribution in [0.15, 0.2) is 58.3 Å². The number of rotatable bonds is 5. The molecule has 132 valence electrons. The largest absolute Gasteiger partial charge is 0.367 e. The van der Waals surface area contributed by atoms with Crippen LogP contribution in [-0.2, 0) is 25.8 Å². The van der Waals surface area contributed by atoms with Crippen LogP contribution in [-0.4, -0.2) is 20.4 Å². The summed E-state index contributed by atoms with van der Waals surface area (Å²) in [6.45, 7) is 1.63. The van der Waals surface area contributed by atoms with Crippen LogP contribution in [0, 0.1) is 0 Å². The Labute approximate surface area is 147 Å². The van der Waals surface area contributed by atoms with Crippen molar-refractivity contribution in [3.63, 3.8) is 0 Å². The van der Waals surface area contributed by atoms with Gasteiger partial charge < -0.3 is 10.5 Å². The van der Waals surface area contributed by atoms with Crippen LogP contribution < -0.4 is 5.73 Å². The number of benzene rings is 2. The Kier molecular flexibility index (Phi) is 4.92. The number of fused-ring (bicyclic) bond motifs is 1. The molecular weight excluding hydrogens is 338 g/mol. The van der Waals surface area contributed by atoms with Gasteiger partial charge in [0.05, 0.1) is 15.9 Å². The lowest BCUT2D eigenvalue weighted by molar-refractivity contribution is -0.132. The summed E-state index contributed by atoms with van der Waals surface area (Å²) in [5.41, 5.74) is 7.16. The van der Waals surface area contributed by atoms with Crippen molar-refractivity contribution in [3.05, 3.63) is 59.7 Å². The molecule has 0 bridgehead atoms. The number of nitrogens with two attached hydrogens (primary N) is 1. The molecule has 2 aromatic carbocycles. The average Bonchev–Trinajstić information content (AvgIpc) is 2.62. The molecule has 25 heavy (non-hydrogen) atoms. The van der Waals surface area contributed by atoms with Gasteiger partial charge in [0.15, 0.2) is 0 Å². The minimum absolute atomic E-state index is 0.236. The number of aryl methyl sites for hydroxylation is 1. The maximum Gasteiger partial charge on any atom is 0.246 e. The minimum Gasteiger partial charge on any atom is -0.367 e. The molecule has 0 saturated heterocycles. The molecular formula is C19H21NO4S. The molecule has 0 fully saturated rings. The van der Waals surface area contributed by atoms with Crippen molar-refractivity contribution >= 4 is 15.7 Å². The Balaban J connectivity index is 1.93. The quantitative estimate of drug-likeness (QED) is 0.889. The lowest BCUT2D eigenvalue weighted by atomic mass is 9.89. The van der Waals surface area contributed by atoms with E-state index in [-0.39, 0.29) is 15.9 Å². The summed E-state index contributed by atoms with van der Waals surface area (Å²) in [6, 6.07) is 13.5. The predicted molar refractivity (Wildman–Crippen MR) is 93.8 cm³/mol. The Morgan fingerprint density at radius 2 is 1.88 bits per heavy atom. The van der Waals surface area contributed by atoms with Crippen molar-refractivity contribution in [1.82, 2.24) is 0 Å².